The Labute approximate surface area is 126 Å². The number of ether oxygens (including phenoxy) is 1. The average molecular weight is 308 g/mol. The zero-order valence-corrected chi connectivity index (χ0v) is 12.0. The summed E-state index contributed by atoms with van der Waals surface area (Å²) in [5.74, 6) is -1.24. The smallest absolute Gasteiger partial charge is 0.267 e. The third-order valence-corrected chi connectivity index (χ3v) is 3.53. The molecule has 1 saturated heterocycles. The minimum atomic E-state index is -0.766. The summed E-state index contributed by atoms with van der Waals surface area (Å²) in [6, 6.07) is 4.42. The molecule has 1 aromatic carbocycles. The van der Waals surface area contributed by atoms with Gasteiger partial charge in [-0.2, -0.15) is 0 Å². The molecule has 22 heavy (non-hydrogen) atoms. The summed E-state index contributed by atoms with van der Waals surface area (Å²) in [5.41, 5.74) is 0.203. The molecule has 1 unspecified atom stereocenters. The minimum Gasteiger partial charge on any atom is -0.507 e. The summed E-state index contributed by atoms with van der Waals surface area (Å²) in [7, 11) is 1.55. The van der Waals surface area contributed by atoms with Crippen molar-refractivity contribution in [3.63, 3.8) is 0 Å². The molecule has 118 valence electrons. The van der Waals surface area contributed by atoms with E-state index in [0.717, 1.165) is 4.90 Å². The fourth-order valence-electron chi connectivity index (χ4n) is 2.48. The van der Waals surface area contributed by atoms with Crippen molar-refractivity contribution in [2.24, 2.45) is 0 Å². The first-order valence-electron chi connectivity index (χ1n) is 6.89. The third-order valence-electron chi connectivity index (χ3n) is 3.53. The van der Waals surface area contributed by atoms with Crippen molar-refractivity contribution in [1.82, 2.24) is 10.1 Å². The fourth-order valence-corrected chi connectivity index (χ4v) is 2.48. The Kier molecular flexibility index (Phi) is 4.08. The van der Waals surface area contributed by atoms with Crippen LogP contribution in [-0.2, 0) is 14.4 Å². The molecule has 2 heterocycles. The van der Waals surface area contributed by atoms with Gasteiger partial charge in [-0.15, -0.1) is 0 Å². The normalized spacial score (nSPS) is 22.2. The van der Waals surface area contributed by atoms with E-state index in [4.69, 9.17) is 14.4 Å². The number of fused-ring (bicyclic) bond motifs is 1. The van der Waals surface area contributed by atoms with Crippen molar-refractivity contribution >= 4 is 11.8 Å². The van der Waals surface area contributed by atoms with E-state index in [9.17, 15) is 14.7 Å². The topological polar surface area (TPSA) is 88.5 Å². The molecule has 0 bridgehead atoms. The van der Waals surface area contributed by atoms with E-state index in [1.165, 1.54) is 23.4 Å². The van der Waals surface area contributed by atoms with Gasteiger partial charge >= 0.3 is 0 Å². The highest BCUT2D eigenvalue weighted by atomic mass is 17.0. The second-order valence-corrected chi connectivity index (χ2v) is 4.91. The molecule has 0 aliphatic carbocycles. The Morgan fingerprint density at radius 1 is 1.36 bits per heavy atom. The van der Waals surface area contributed by atoms with Crippen molar-refractivity contribution in [2.45, 2.75) is 12.6 Å². The first-order chi connectivity index (χ1) is 10.6. The van der Waals surface area contributed by atoms with Crippen molar-refractivity contribution in [3.05, 3.63) is 29.3 Å². The van der Waals surface area contributed by atoms with E-state index in [-0.39, 0.29) is 16.9 Å². The summed E-state index contributed by atoms with van der Waals surface area (Å²) in [5, 5.41) is 11.0. The second-order valence-electron chi connectivity index (χ2n) is 4.91. The van der Waals surface area contributed by atoms with Crippen molar-refractivity contribution in [3.8, 4) is 5.75 Å². The molecule has 1 atom stereocenters. The van der Waals surface area contributed by atoms with Crippen LogP contribution in [-0.4, -0.2) is 60.1 Å². The van der Waals surface area contributed by atoms with E-state index in [1.54, 1.807) is 7.11 Å². The van der Waals surface area contributed by atoms with Gasteiger partial charge in [-0.3, -0.25) is 14.4 Å². The quantitative estimate of drug-likeness (QED) is 0.812. The fraction of sp³-hybridized carbons (Fsp3) is 0.429. The number of hydroxylamine groups is 2. The molecule has 2 aliphatic heterocycles. The number of methoxy groups -OCH3 is 1. The molecule has 1 fully saturated rings. The molecule has 8 heteroatoms. The maximum Gasteiger partial charge on any atom is 0.267 e. The number of hydrogen-bond acceptors (Lipinski definition) is 7. The van der Waals surface area contributed by atoms with Gasteiger partial charge in [0, 0.05) is 13.5 Å². The molecule has 2 amide bonds. The summed E-state index contributed by atoms with van der Waals surface area (Å²) in [4.78, 5) is 36.7. The lowest BCUT2D eigenvalue weighted by Crippen LogP contribution is -2.49. The molecular weight excluding hydrogens is 292 g/mol. The van der Waals surface area contributed by atoms with Crippen LogP contribution in [0.25, 0.3) is 0 Å². The third kappa shape index (κ3) is 2.46. The molecular formula is C14H16N2O6. The SMILES string of the molecule is COCCN1OCCC(N2C(=O)c3cccc(O)c3C2=O)O1. The Balaban J connectivity index is 1.80. The summed E-state index contributed by atoms with van der Waals surface area (Å²) in [6.45, 7) is 1.05. The number of nitrogens with zero attached hydrogens (tertiary/aromatic N) is 2. The van der Waals surface area contributed by atoms with Crippen molar-refractivity contribution < 1.29 is 29.1 Å². The predicted molar refractivity (Wildman–Crippen MR) is 72.6 cm³/mol. The highest BCUT2D eigenvalue weighted by Gasteiger charge is 2.44. The second kappa shape index (κ2) is 6.01. The molecule has 1 N–H and O–H groups in total. The summed E-state index contributed by atoms with van der Waals surface area (Å²) >= 11 is 0. The molecule has 0 aromatic heterocycles. The molecule has 0 spiro atoms. The van der Waals surface area contributed by atoms with Crippen LogP contribution in [0.15, 0.2) is 18.2 Å². The van der Waals surface area contributed by atoms with E-state index >= 15 is 0 Å². The monoisotopic (exact) mass is 308 g/mol. The molecule has 3 rings (SSSR count). The number of phenols is 1. The van der Waals surface area contributed by atoms with Gasteiger partial charge in [0.2, 0.25) is 0 Å². The standard InChI is InChI=1S/C14H16N2O6/c1-20-8-6-15-21-7-5-11(22-15)16-13(18)9-3-2-4-10(17)12(9)14(16)19/h2-4,11,17H,5-8H2,1H3. The lowest BCUT2D eigenvalue weighted by Gasteiger charge is -2.34. The van der Waals surface area contributed by atoms with Crippen molar-refractivity contribution in [1.29, 1.82) is 0 Å². The number of rotatable bonds is 4. The van der Waals surface area contributed by atoms with Gasteiger partial charge in [0.15, 0.2) is 6.23 Å². The Morgan fingerprint density at radius 3 is 2.91 bits per heavy atom. The number of imide groups is 1. The number of hydrogen-bond donors (Lipinski definition) is 1. The number of carbonyl (C=O) groups excluding carboxylic acids is 2. The first kappa shape index (κ1) is 14.9. The molecule has 0 saturated carbocycles. The van der Waals surface area contributed by atoms with Crippen LogP contribution in [0.3, 0.4) is 0 Å². The van der Waals surface area contributed by atoms with Gasteiger partial charge in [0.25, 0.3) is 11.8 Å². The van der Waals surface area contributed by atoms with Crippen LogP contribution in [0.2, 0.25) is 0 Å². The minimum absolute atomic E-state index is 0.0195. The summed E-state index contributed by atoms with van der Waals surface area (Å²) < 4.78 is 4.93. The van der Waals surface area contributed by atoms with Gasteiger partial charge < -0.3 is 9.84 Å². The van der Waals surface area contributed by atoms with E-state index in [0.29, 0.717) is 26.2 Å². The largest absolute Gasteiger partial charge is 0.507 e. The van der Waals surface area contributed by atoms with Crippen LogP contribution in [0.5, 0.6) is 5.75 Å². The lowest BCUT2D eigenvalue weighted by molar-refractivity contribution is -0.425. The van der Waals surface area contributed by atoms with Gasteiger partial charge in [0.1, 0.15) is 5.75 Å². The maximum atomic E-state index is 12.4. The number of aromatic hydroxyl groups is 1. The van der Waals surface area contributed by atoms with E-state index in [2.05, 4.69) is 0 Å². The number of amides is 2. The van der Waals surface area contributed by atoms with Crippen LogP contribution in [0.4, 0.5) is 0 Å². The Hall–Kier alpha value is -2.00. The number of benzene rings is 1. The van der Waals surface area contributed by atoms with Gasteiger partial charge in [-0.05, 0) is 12.1 Å². The molecule has 0 radical (unpaired) electrons. The van der Waals surface area contributed by atoms with Gasteiger partial charge in [-0.25, -0.2) is 9.74 Å². The zero-order chi connectivity index (χ0) is 15.7. The first-order valence-corrected chi connectivity index (χ1v) is 6.89. The van der Waals surface area contributed by atoms with Crippen LogP contribution in [0, 0.1) is 0 Å². The zero-order valence-electron chi connectivity index (χ0n) is 12.0. The molecule has 1 aromatic rings. The number of phenolic OH excluding ortho intramolecular Hbond substituents is 1. The molecule has 8 nitrogen and oxygen atoms in total. The molecule has 2 aliphatic rings. The highest BCUT2D eigenvalue weighted by molar-refractivity contribution is 6.22. The number of carbonyl (C=O) groups is 2. The Morgan fingerprint density at radius 2 is 2.18 bits per heavy atom. The van der Waals surface area contributed by atoms with E-state index < -0.39 is 18.0 Å². The predicted octanol–water partition coefficient (Wildman–Crippen LogP) is 0.530. The Bertz CT molecular complexity index is 605. The van der Waals surface area contributed by atoms with E-state index in [1.807, 2.05) is 0 Å². The lowest BCUT2D eigenvalue weighted by atomic mass is 10.1. The summed E-state index contributed by atoms with van der Waals surface area (Å²) in [6.07, 6.45) is -0.409. The van der Waals surface area contributed by atoms with Crippen LogP contribution >= 0.6 is 0 Å². The maximum absolute atomic E-state index is 12.4. The average Bonchev–Trinajstić information content (AvgIpc) is 2.78. The van der Waals surface area contributed by atoms with Gasteiger partial charge in [0.05, 0.1) is 30.9 Å². The van der Waals surface area contributed by atoms with Crippen LogP contribution in [0.1, 0.15) is 27.1 Å². The van der Waals surface area contributed by atoms with Crippen LogP contribution < -0.4 is 0 Å². The highest BCUT2D eigenvalue weighted by Crippen LogP contribution is 2.32. The van der Waals surface area contributed by atoms with Gasteiger partial charge in [-0.1, -0.05) is 11.3 Å². The van der Waals surface area contributed by atoms with Crippen molar-refractivity contribution in [2.75, 3.05) is 26.9 Å².